The van der Waals surface area contributed by atoms with Crippen molar-refractivity contribution in [2.75, 3.05) is 12.9 Å². The van der Waals surface area contributed by atoms with Gasteiger partial charge in [0.15, 0.2) is 0 Å². The third kappa shape index (κ3) is 3.61. The van der Waals surface area contributed by atoms with Crippen molar-refractivity contribution < 1.29 is 9.53 Å². The summed E-state index contributed by atoms with van der Waals surface area (Å²) in [7, 11) is 0. The second kappa shape index (κ2) is 8.24. The summed E-state index contributed by atoms with van der Waals surface area (Å²) in [6.07, 6.45) is 2.02. The Morgan fingerprint density at radius 3 is 2.62 bits per heavy atom. The van der Waals surface area contributed by atoms with E-state index < -0.39 is 11.9 Å². The van der Waals surface area contributed by atoms with Crippen molar-refractivity contribution in [2.45, 2.75) is 19.3 Å². The first-order chi connectivity index (χ1) is 11.6. The predicted octanol–water partition coefficient (Wildman–Crippen LogP) is 3.20. The number of ether oxygens (including phenoxy) is 1. The van der Waals surface area contributed by atoms with Crippen molar-refractivity contribution >= 4 is 17.7 Å². The topological polar surface area (TPSA) is 85.9 Å². The van der Waals surface area contributed by atoms with E-state index in [4.69, 9.17) is 10.00 Å². The van der Waals surface area contributed by atoms with Gasteiger partial charge in [-0.3, -0.25) is 0 Å². The van der Waals surface area contributed by atoms with Crippen LogP contribution in [0, 0.1) is 22.7 Å². The number of carbonyl (C=O) groups excluding carboxylic acids is 1. The first-order valence-corrected chi connectivity index (χ1v) is 8.61. The van der Waals surface area contributed by atoms with E-state index in [0.29, 0.717) is 16.8 Å². The van der Waals surface area contributed by atoms with E-state index in [1.807, 2.05) is 42.7 Å². The summed E-state index contributed by atoms with van der Waals surface area (Å²) in [5.74, 6) is -0.980. The smallest absolute Gasteiger partial charge is 0.336 e. The molecule has 1 aliphatic heterocycles. The molecule has 0 saturated carbocycles. The van der Waals surface area contributed by atoms with Crippen molar-refractivity contribution in [2.24, 2.45) is 0 Å². The maximum absolute atomic E-state index is 12.6. The molecule has 1 heterocycles. The van der Waals surface area contributed by atoms with Crippen molar-refractivity contribution in [1.82, 2.24) is 5.32 Å². The molecule has 5 nitrogen and oxygen atoms in total. The Morgan fingerprint density at radius 2 is 2.04 bits per heavy atom. The molecular formula is C18H17N3O2S. The second-order valence-corrected chi connectivity index (χ2v) is 5.93. The van der Waals surface area contributed by atoms with Crippen LogP contribution in [0.5, 0.6) is 0 Å². The molecule has 6 heteroatoms. The Morgan fingerprint density at radius 1 is 1.33 bits per heavy atom. The van der Waals surface area contributed by atoms with Crippen LogP contribution in [-0.2, 0) is 9.53 Å². The molecule has 0 bridgehead atoms. The van der Waals surface area contributed by atoms with Crippen molar-refractivity contribution in [1.29, 1.82) is 10.5 Å². The summed E-state index contributed by atoms with van der Waals surface area (Å²) >= 11 is 1.43. The Labute approximate surface area is 145 Å². The minimum absolute atomic E-state index is 0.0363. The summed E-state index contributed by atoms with van der Waals surface area (Å²) in [6.45, 7) is 1.83. The first-order valence-electron chi connectivity index (χ1n) is 7.39. The SMILES string of the molecule is CSC1=C(C#N)C(c2ccccc2)C(C(=O)OCCC#N)=C(C)N1. The molecule has 1 aromatic carbocycles. The molecule has 2 rings (SSSR count). The monoisotopic (exact) mass is 339 g/mol. The lowest BCUT2D eigenvalue weighted by atomic mass is 9.82. The molecular weight excluding hydrogens is 322 g/mol. The Kier molecular flexibility index (Phi) is 6.06. The van der Waals surface area contributed by atoms with Crippen LogP contribution in [0.4, 0.5) is 0 Å². The van der Waals surface area contributed by atoms with E-state index in [1.165, 1.54) is 11.8 Å². The lowest BCUT2D eigenvalue weighted by molar-refractivity contribution is -0.139. The third-order valence-electron chi connectivity index (χ3n) is 3.65. The predicted molar refractivity (Wildman–Crippen MR) is 92.4 cm³/mol. The fraction of sp³-hybridized carbons (Fsp3) is 0.278. The molecule has 0 saturated heterocycles. The van der Waals surface area contributed by atoms with Crippen LogP contribution in [0.15, 0.2) is 52.2 Å². The molecule has 0 fully saturated rings. The number of nitrogens with one attached hydrogen (secondary N) is 1. The van der Waals surface area contributed by atoms with Crippen LogP contribution in [0.25, 0.3) is 0 Å². The van der Waals surface area contributed by atoms with E-state index >= 15 is 0 Å². The number of carbonyl (C=O) groups is 1. The van der Waals surface area contributed by atoms with Gasteiger partial charge in [0, 0.05) is 5.70 Å². The minimum Gasteiger partial charge on any atom is -0.461 e. The van der Waals surface area contributed by atoms with Gasteiger partial charge >= 0.3 is 5.97 Å². The molecule has 1 aromatic rings. The highest BCUT2D eigenvalue weighted by atomic mass is 32.2. The number of hydrogen-bond donors (Lipinski definition) is 1. The average Bonchev–Trinajstić information content (AvgIpc) is 2.61. The number of nitriles is 2. The van der Waals surface area contributed by atoms with Gasteiger partial charge in [0.25, 0.3) is 0 Å². The number of dihydropyridines is 1. The first kappa shape index (κ1) is 17.7. The molecule has 122 valence electrons. The molecule has 0 radical (unpaired) electrons. The Bertz CT molecular complexity index is 770. The highest BCUT2D eigenvalue weighted by molar-refractivity contribution is 8.02. The highest BCUT2D eigenvalue weighted by Crippen LogP contribution is 2.40. The molecule has 0 aliphatic carbocycles. The molecule has 1 unspecified atom stereocenters. The van der Waals surface area contributed by atoms with Gasteiger partial charge in [0.2, 0.25) is 0 Å². The zero-order chi connectivity index (χ0) is 17.5. The summed E-state index contributed by atoms with van der Waals surface area (Å²) in [5.41, 5.74) is 2.42. The Hall–Kier alpha value is -2.70. The van der Waals surface area contributed by atoms with E-state index in [1.54, 1.807) is 6.92 Å². The van der Waals surface area contributed by atoms with Crippen molar-refractivity contribution in [3.05, 3.63) is 57.8 Å². The van der Waals surface area contributed by atoms with Crippen LogP contribution >= 0.6 is 11.8 Å². The standard InChI is InChI=1S/C18H17N3O2S/c1-12-15(18(22)23-10-6-9-19)16(13-7-4-3-5-8-13)14(11-20)17(21-12)24-2/h3-5,7-8,16,21H,6,10H2,1-2H3. The number of hydrogen-bond acceptors (Lipinski definition) is 6. The van der Waals surface area contributed by atoms with E-state index in [-0.39, 0.29) is 13.0 Å². The summed E-state index contributed by atoms with van der Waals surface area (Å²) < 4.78 is 5.21. The Balaban J connectivity index is 2.49. The number of rotatable bonds is 5. The van der Waals surface area contributed by atoms with Gasteiger partial charge in [-0.2, -0.15) is 10.5 Å². The average molecular weight is 339 g/mol. The van der Waals surface area contributed by atoms with Crippen LogP contribution < -0.4 is 5.32 Å². The number of allylic oxidation sites excluding steroid dienone is 2. The van der Waals surface area contributed by atoms with E-state index in [9.17, 15) is 10.1 Å². The lowest BCUT2D eigenvalue weighted by Gasteiger charge is -2.28. The fourth-order valence-electron chi connectivity index (χ4n) is 2.59. The number of thioether (sulfide) groups is 1. The summed E-state index contributed by atoms with van der Waals surface area (Å²) in [6, 6.07) is 13.6. The third-order valence-corrected chi connectivity index (χ3v) is 4.38. The van der Waals surface area contributed by atoms with E-state index in [2.05, 4.69) is 11.4 Å². The van der Waals surface area contributed by atoms with Crippen molar-refractivity contribution in [3.63, 3.8) is 0 Å². The summed E-state index contributed by atoms with van der Waals surface area (Å²) in [4.78, 5) is 12.6. The van der Waals surface area contributed by atoms with Gasteiger partial charge in [0.05, 0.1) is 40.7 Å². The zero-order valence-corrected chi connectivity index (χ0v) is 14.3. The minimum atomic E-state index is -0.503. The highest BCUT2D eigenvalue weighted by Gasteiger charge is 2.35. The fourth-order valence-corrected chi connectivity index (χ4v) is 3.23. The maximum Gasteiger partial charge on any atom is 0.336 e. The molecule has 0 aromatic heterocycles. The van der Waals surface area contributed by atoms with Crippen LogP contribution in [0.3, 0.4) is 0 Å². The van der Waals surface area contributed by atoms with Gasteiger partial charge in [0.1, 0.15) is 6.61 Å². The quantitative estimate of drug-likeness (QED) is 0.655. The van der Waals surface area contributed by atoms with E-state index in [0.717, 1.165) is 10.6 Å². The largest absolute Gasteiger partial charge is 0.461 e. The van der Waals surface area contributed by atoms with Gasteiger partial charge in [-0.05, 0) is 18.7 Å². The molecule has 1 N–H and O–H groups in total. The second-order valence-electron chi connectivity index (χ2n) is 5.11. The molecule has 1 aliphatic rings. The molecule has 0 amide bonds. The number of benzene rings is 1. The van der Waals surface area contributed by atoms with Crippen LogP contribution in [0.2, 0.25) is 0 Å². The molecule has 1 atom stereocenters. The molecule has 0 spiro atoms. The lowest BCUT2D eigenvalue weighted by Crippen LogP contribution is -2.28. The van der Waals surface area contributed by atoms with Crippen molar-refractivity contribution in [3.8, 4) is 12.1 Å². The maximum atomic E-state index is 12.6. The number of nitrogens with zero attached hydrogens (tertiary/aromatic N) is 2. The van der Waals surface area contributed by atoms with Gasteiger partial charge in [-0.15, -0.1) is 11.8 Å². The zero-order valence-electron chi connectivity index (χ0n) is 13.5. The van der Waals surface area contributed by atoms with Gasteiger partial charge in [-0.1, -0.05) is 30.3 Å². The normalized spacial score (nSPS) is 16.9. The number of esters is 1. The van der Waals surface area contributed by atoms with Gasteiger partial charge in [-0.25, -0.2) is 4.79 Å². The van der Waals surface area contributed by atoms with Crippen LogP contribution in [0.1, 0.15) is 24.8 Å². The van der Waals surface area contributed by atoms with Crippen LogP contribution in [-0.4, -0.2) is 18.8 Å². The van der Waals surface area contributed by atoms with Gasteiger partial charge < -0.3 is 10.1 Å². The molecule has 24 heavy (non-hydrogen) atoms. The summed E-state index contributed by atoms with van der Waals surface area (Å²) in [5, 5.41) is 22.1.